The highest BCUT2D eigenvalue weighted by molar-refractivity contribution is 8.00. The quantitative estimate of drug-likeness (QED) is 0.622. The number of hydrogen-bond acceptors (Lipinski definition) is 4. The van der Waals surface area contributed by atoms with Gasteiger partial charge in [0.2, 0.25) is 5.91 Å². The summed E-state index contributed by atoms with van der Waals surface area (Å²) in [5, 5.41) is 5.73. The number of amides is 2. The van der Waals surface area contributed by atoms with Gasteiger partial charge in [-0.2, -0.15) is 0 Å². The summed E-state index contributed by atoms with van der Waals surface area (Å²) in [5.41, 5.74) is 8.18. The second-order valence-corrected chi connectivity index (χ2v) is 7.24. The molecule has 2 rings (SSSR count). The van der Waals surface area contributed by atoms with E-state index in [1.54, 1.807) is 6.07 Å². The molecule has 5 nitrogen and oxygen atoms in total. The molecule has 0 fully saturated rings. The van der Waals surface area contributed by atoms with Crippen LogP contribution in [0.15, 0.2) is 53.4 Å². The van der Waals surface area contributed by atoms with Gasteiger partial charge in [0, 0.05) is 23.2 Å². The second-order valence-electron chi connectivity index (χ2n) is 6.22. The zero-order valence-corrected chi connectivity index (χ0v) is 15.9. The van der Waals surface area contributed by atoms with Crippen LogP contribution in [0.3, 0.4) is 0 Å². The second kappa shape index (κ2) is 9.99. The maximum Gasteiger partial charge on any atom is 0.252 e. The number of carbonyl (C=O) groups is 2. The van der Waals surface area contributed by atoms with Gasteiger partial charge in [-0.1, -0.05) is 29.8 Å². The highest BCUT2D eigenvalue weighted by Crippen LogP contribution is 2.23. The van der Waals surface area contributed by atoms with Crippen LogP contribution in [0, 0.1) is 6.92 Å². The highest BCUT2D eigenvalue weighted by atomic mass is 32.2. The standard InChI is InChI=1S/C20H25N3O2S/c1-14-7-9-16(10-8-14)23-19(24)13-26-18-6-4-3-5-17(18)20(25)22-12-11-15(2)21/h3-10,15H,11-13,21H2,1-2H3,(H,22,25)(H,23,24). The number of anilines is 1. The van der Waals surface area contributed by atoms with E-state index in [-0.39, 0.29) is 23.6 Å². The molecule has 0 aliphatic carbocycles. The Bertz CT molecular complexity index is 745. The van der Waals surface area contributed by atoms with Gasteiger partial charge in [-0.15, -0.1) is 11.8 Å². The first-order chi connectivity index (χ1) is 12.5. The molecule has 6 heteroatoms. The Kier molecular flexibility index (Phi) is 7.69. The van der Waals surface area contributed by atoms with E-state index in [1.165, 1.54) is 11.8 Å². The Hall–Kier alpha value is -2.31. The topological polar surface area (TPSA) is 84.2 Å². The smallest absolute Gasteiger partial charge is 0.252 e. The van der Waals surface area contributed by atoms with Crippen LogP contribution in [-0.2, 0) is 4.79 Å². The number of aryl methyl sites for hydroxylation is 1. The number of hydrogen-bond donors (Lipinski definition) is 3. The van der Waals surface area contributed by atoms with Crippen molar-refractivity contribution in [3.8, 4) is 0 Å². The number of rotatable bonds is 8. The summed E-state index contributed by atoms with van der Waals surface area (Å²) in [4.78, 5) is 25.3. The van der Waals surface area contributed by atoms with E-state index in [4.69, 9.17) is 5.73 Å². The third-order valence-corrected chi connectivity index (χ3v) is 4.78. The first-order valence-electron chi connectivity index (χ1n) is 8.58. The van der Waals surface area contributed by atoms with Gasteiger partial charge in [-0.3, -0.25) is 9.59 Å². The molecule has 1 unspecified atom stereocenters. The largest absolute Gasteiger partial charge is 0.352 e. The summed E-state index contributed by atoms with van der Waals surface area (Å²) in [5.74, 6) is -0.0171. The molecule has 0 aliphatic heterocycles. The summed E-state index contributed by atoms with van der Waals surface area (Å²) < 4.78 is 0. The van der Waals surface area contributed by atoms with Crippen molar-refractivity contribution in [3.05, 3.63) is 59.7 Å². The third kappa shape index (κ3) is 6.54. The number of nitrogens with one attached hydrogen (secondary N) is 2. The van der Waals surface area contributed by atoms with Crippen LogP contribution in [0.5, 0.6) is 0 Å². The SMILES string of the molecule is Cc1ccc(NC(=O)CSc2ccccc2C(=O)NCCC(C)N)cc1. The predicted octanol–water partition coefficient (Wildman–Crippen LogP) is 3.19. The molecule has 0 saturated carbocycles. The van der Waals surface area contributed by atoms with Crippen LogP contribution < -0.4 is 16.4 Å². The van der Waals surface area contributed by atoms with Gasteiger partial charge in [-0.25, -0.2) is 0 Å². The van der Waals surface area contributed by atoms with Gasteiger partial charge in [0.1, 0.15) is 0 Å². The summed E-state index contributed by atoms with van der Waals surface area (Å²) in [7, 11) is 0. The Morgan fingerprint density at radius 2 is 1.81 bits per heavy atom. The zero-order chi connectivity index (χ0) is 18.9. The molecule has 0 heterocycles. The van der Waals surface area contributed by atoms with Crippen molar-refractivity contribution in [2.75, 3.05) is 17.6 Å². The van der Waals surface area contributed by atoms with Gasteiger partial charge < -0.3 is 16.4 Å². The van der Waals surface area contributed by atoms with Gasteiger partial charge in [0.25, 0.3) is 5.91 Å². The van der Waals surface area contributed by atoms with Crippen LogP contribution in [0.25, 0.3) is 0 Å². The highest BCUT2D eigenvalue weighted by Gasteiger charge is 2.12. The van der Waals surface area contributed by atoms with Crippen molar-refractivity contribution in [1.82, 2.24) is 5.32 Å². The maximum atomic E-state index is 12.3. The minimum absolute atomic E-state index is 0.0467. The van der Waals surface area contributed by atoms with Crippen molar-refractivity contribution in [3.63, 3.8) is 0 Å². The molecule has 138 valence electrons. The molecule has 0 aromatic heterocycles. The average molecular weight is 372 g/mol. The van der Waals surface area contributed by atoms with E-state index in [0.29, 0.717) is 12.1 Å². The third-order valence-electron chi connectivity index (χ3n) is 3.71. The molecular formula is C20H25N3O2S. The van der Waals surface area contributed by atoms with Crippen LogP contribution in [0.1, 0.15) is 29.3 Å². The van der Waals surface area contributed by atoms with Crippen LogP contribution in [-0.4, -0.2) is 30.2 Å². The molecule has 0 bridgehead atoms. The van der Waals surface area contributed by atoms with Crippen LogP contribution in [0.4, 0.5) is 5.69 Å². The first-order valence-corrected chi connectivity index (χ1v) is 9.56. The fourth-order valence-electron chi connectivity index (χ4n) is 2.27. The van der Waals surface area contributed by atoms with E-state index >= 15 is 0 Å². The van der Waals surface area contributed by atoms with Crippen molar-refractivity contribution >= 4 is 29.3 Å². The lowest BCUT2D eigenvalue weighted by molar-refractivity contribution is -0.113. The fourth-order valence-corrected chi connectivity index (χ4v) is 3.12. The lowest BCUT2D eigenvalue weighted by Crippen LogP contribution is -2.29. The van der Waals surface area contributed by atoms with Gasteiger partial charge in [0.15, 0.2) is 0 Å². The Morgan fingerprint density at radius 1 is 1.12 bits per heavy atom. The Morgan fingerprint density at radius 3 is 2.50 bits per heavy atom. The molecule has 0 radical (unpaired) electrons. The fraction of sp³-hybridized carbons (Fsp3) is 0.300. The molecule has 2 aromatic carbocycles. The number of benzene rings is 2. The molecule has 0 aliphatic rings. The maximum absolute atomic E-state index is 12.3. The summed E-state index contributed by atoms with van der Waals surface area (Å²) >= 11 is 1.35. The molecular weight excluding hydrogens is 346 g/mol. The summed E-state index contributed by atoms with van der Waals surface area (Å²) in [6.07, 6.45) is 0.722. The summed E-state index contributed by atoms with van der Waals surface area (Å²) in [6, 6.07) is 15.0. The van der Waals surface area contributed by atoms with E-state index in [9.17, 15) is 9.59 Å². The predicted molar refractivity (Wildman–Crippen MR) is 108 cm³/mol. The lowest BCUT2D eigenvalue weighted by Gasteiger charge is -2.11. The minimum Gasteiger partial charge on any atom is -0.352 e. The Balaban J connectivity index is 1.91. The number of nitrogens with two attached hydrogens (primary N) is 1. The molecule has 4 N–H and O–H groups in total. The van der Waals surface area contributed by atoms with Crippen LogP contribution >= 0.6 is 11.8 Å². The number of carbonyl (C=O) groups excluding carboxylic acids is 2. The van der Waals surface area contributed by atoms with E-state index in [1.807, 2.05) is 56.3 Å². The van der Waals surface area contributed by atoms with Crippen molar-refractivity contribution in [2.24, 2.45) is 5.73 Å². The molecule has 1 atom stereocenters. The van der Waals surface area contributed by atoms with E-state index < -0.39 is 0 Å². The van der Waals surface area contributed by atoms with Gasteiger partial charge in [-0.05, 0) is 44.5 Å². The van der Waals surface area contributed by atoms with Crippen molar-refractivity contribution < 1.29 is 9.59 Å². The number of thioether (sulfide) groups is 1. The lowest BCUT2D eigenvalue weighted by atomic mass is 10.2. The normalized spacial score (nSPS) is 11.7. The van der Waals surface area contributed by atoms with Crippen molar-refractivity contribution in [2.45, 2.75) is 31.2 Å². The van der Waals surface area contributed by atoms with Crippen molar-refractivity contribution in [1.29, 1.82) is 0 Å². The minimum atomic E-state index is -0.146. The molecule has 2 aromatic rings. The van der Waals surface area contributed by atoms with Gasteiger partial charge >= 0.3 is 0 Å². The molecule has 0 saturated heterocycles. The zero-order valence-electron chi connectivity index (χ0n) is 15.1. The molecule has 0 spiro atoms. The summed E-state index contributed by atoms with van der Waals surface area (Å²) in [6.45, 7) is 4.43. The first kappa shape index (κ1) is 20.0. The monoisotopic (exact) mass is 371 g/mol. The molecule has 2 amide bonds. The average Bonchev–Trinajstić information content (AvgIpc) is 2.62. The van der Waals surface area contributed by atoms with Crippen LogP contribution in [0.2, 0.25) is 0 Å². The van der Waals surface area contributed by atoms with E-state index in [2.05, 4.69) is 10.6 Å². The Labute approximate surface area is 158 Å². The van der Waals surface area contributed by atoms with E-state index in [0.717, 1.165) is 22.6 Å². The molecule has 26 heavy (non-hydrogen) atoms. The van der Waals surface area contributed by atoms with Gasteiger partial charge in [0.05, 0.1) is 11.3 Å².